The van der Waals surface area contributed by atoms with Crippen molar-refractivity contribution in [3.63, 3.8) is 0 Å². The first-order valence-corrected chi connectivity index (χ1v) is 7.77. The minimum Gasteiger partial charge on any atom is -0.545 e. The number of benzene rings is 2. The fourth-order valence-corrected chi connectivity index (χ4v) is 2.43. The molecule has 0 atom stereocenters. The number of hydrogen-bond donors (Lipinski definition) is 0. The zero-order chi connectivity index (χ0) is 18.6. The van der Waals surface area contributed by atoms with E-state index in [4.69, 9.17) is 23.2 Å². The molecule has 2 rings (SSSR count). The predicted octanol–water partition coefficient (Wildman–Crippen LogP) is 2.26. The van der Waals surface area contributed by atoms with Gasteiger partial charge in [0.2, 0.25) is 0 Å². The SMILES string of the molecule is Cc1c(Cl)ccc(C(=O)[O-])c1C.Cc1c(Cl)ccc(C(=O)[O-])c1C.[Mg+2]. The summed E-state index contributed by atoms with van der Waals surface area (Å²) in [5.41, 5.74) is 3.33. The molecule has 0 saturated heterocycles. The van der Waals surface area contributed by atoms with E-state index in [0.717, 1.165) is 11.1 Å². The van der Waals surface area contributed by atoms with Gasteiger partial charge in [0.25, 0.3) is 0 Å². The number of carboxylic acid groups (broad SMARTS) is 2. The van der Waals surface area contributed by atoms with Gasteiger partial charge in [-0.05, 0) is 62.1 Å². The fraction of sp³-hybridized carbons (Fsp3) is 0.222. The van der Waals surface area contributed by atoms with E-state index in [1.807, 2.05) is 0 Å². The van der Waals surface area contributed by atoms with E-state index in [1.54, 1.807) is 39.8 Å². The quantitative estimate of drug-likeness (QED) is 0.736. The Morgan fingerprint density at radius 3 is 1.20 bits per heavy atom. The van der Waals surface area contributed by atoms with Gasteiger partial charge in [0.05, 0.1) is 11.9 Å². The third-order valence-corrected chi connectivity index (χ3v) is 4.70. The average Bonchev–Trinajstić information content (AvgIpc) is 2.50. The third-order valence-electron chi connectivity index (χ3n) is 3.88. The maximum atomic E-state index is 10.5. The Labute approximate surface area is 172 Å². The average molecular weight is 392 g/mol. The maximum Gasteiger partial charge on any atom is 2.00 e. The van der Waals surface area contributed by atoms with Crippen LogP contribution < -0.4 is 10.2 Å². The number of carbonyl (C=O) groups excluding carboxylic acids is 2. The van der Waals surface area contributed by atoms with Crippen molar-refractivity contribution in [2.45, 2.75) is 27.7 Å². The van der Waals surface area contributed by atoms with Gasteiger partial charge in [-0.2, -0.15) is 0 Å². The number of carboxylic acids is 2. The van der Waals surface area contributed by atoms with Gasteiger partial charge in [0.15, 0.2) is 0 Å². The summed E-state index contributed by atoms with van der Waals surface area (Å²) in [5.74, 6) is -2.32. The van der Waals surface area contributed by atoms with Crippen molar-refractivity contribution in [2.75, 3.05) is 0 Å². The zero-order valence-corrected chi connectivity index (χ0v) is 17.3. The van der Waals surface area contributed by atoms with Gasteiger partial charge in [-0.15, -0.1) is 0 Å². The van der Waals surface area contributed by atoms with Crippen LogP contribution in [0, 0.1) is 27.7 Å². The maximum absolute atomic E-state index is 10.5. The summed E-state index contributed by atoms with van der Waals surface area (Å²) in [4.78, 5) is 21.1. The molecule has 0 aliphatic rings. The summed E-state index contributed by atoms with van der Waals surface area (Å²) < 4.78 is 0. The summed E-state index contributed by atoms with van der Waals surface area (Å²) in [7, 11) is 0. The molecule has 0 aliphatic carbocycles. The van der Waals surface area contributed by atoms with Gasteiger partial charge < -0.3 is 19.8 Å². The second-order valence-corrected chi connectivity index (χ2v) is 6.08. The number of hydrogen-bond acceptors (Lipinski definition) is 4. The number of rotatable bonds is 2. The minimum absolute atomic E-state index is 0. The largest absolute Gasteiger partial charge is 2.00 e. The van der Waals surface area contributed by atoms with E-state index >= 15 is 0 Å². The Morgan fingerprint density at radius 1 is 0.680 bits per heavy atom. The molecule has 2 aromatic rings. The van der Waals surface area contributed by atoms with Crippen LogP contribution in [0.1, 0.15) is 43.0 Å². The van der Waals surface area contributed by atoms with Crippen LogP contribution in [-0.2, 0) is 0 Å². The molecule has 0 radical (unpaired) electrons. The van der Waals surface area contributed by atoms with Gasteiger partial charge in [-0.3, -0.25) is 0 Å². The molecule has 25 heavy (non-hydrogen) atoms. The molecular weight excluding hydrogens is 375 g/mol. The van der Waals surface area contributed by atoms with E-state index in [1.165, 1.54) is 12.1 Å². The molecule has 0 N–H and O–H groups in total. The van der Waals surface area contributed by atoms with Gasteiger partial charge in [-0.1, -0.05) is 35.3 Å². The Hall–Kier alpha value is -1.27. The van der Waals surface area contributed by atoms with Crippen molar-refractivity contribution in [1.82, 2.24) is 0 Å². The zero-order valence-electron chi connectivity index (χ0n) is 14.4. The van der Waals surface area contributed by atoms with Crippen molar-refractivity contribution < 1.29 is 19.8 Å². The van der Waals surface area contributed by atoms with Crippen LogP contribution in [0.3, 0.4) is 0 Å². The predicted molar refractivity (Wildman–Crippen MR) is 96.3 cm³/mol. The van der Waals surface area contributed by atoms with Crippen molar-refractivity contribution >= 4 is 58.2 Å². The molecule has 0 bridgehead atoms. The first kappa shape index (κ1) is 23.7. The normalized spacial score (nSPS) is 9.52. The van der Waals surface area contributed by atoms with Gasteiger partial charge in [-0.25, -0.2) is 0 Å². The summed E-state index contributed by atoms with van der Waals surface area (Å²) in [6.07, 6.45) is 0. The molecule has 7 heteroatoms. The topological polar surface area (TPSA) is 80.3 Å². The second-order valence-electron chi connectivity index (χ2n) is 5.26. The number of carbonyl (C=O) groups is 2. The van der Waals surface area contributed by atoms with Crippen molar-refractivity contribution in [1.29, 1.82) is 0 Å². The van der Waals surface area contributed by atoms with Crippen LogP contribution >= 0.6 is 23.2 Å². The molecular formula is C18H16Cl2MgO4. The Kier molecular flexibility index (Phi) is 9.51. The number of halogens is 2. The van der Waals surface area contributed by atoms with E-state index < -0.39 is 11.9 Å². The second kappa shape index (κ2) is 10.0. The fourth-order valence-electron chi connectivity index (χ4n) is 2.02. The van der Waals surface area contributed by atoms with Crippen molar-refractivity contribution in [3.05, 3.63) is 67.7 Å². The Morgan fingerprint density at radius 2 is 0.960 bits per heavy atom. The van der Waals surface area contributed by atoms with Gasteiger partial charge in [0.1, 0.15) is 0 Å². The van der Waals surface area contributed by atoms with Crippen LogP contribution in [0.25, 0.3) is 0 Å². The standard InChI is InChI=1S/2C9H9ClO2.Mg/c2*1-5-6(2)8(10)4-3-7(5)9(11)12;/h2*3-4H,1-2H3,(H,11,12);/q;;+2/p-2. The van der Waals surface area contributed by atoms with Crippen LogP contribution in [0.15, 0.2) is 24.3 Å². The minimum atomic E-state index is -1.16. The van der Waals surface area contributed by atoms with E-state index in [9.17, 15) is 19.8 Å². The van der Waals surface area contributed by atoms with Gasteiger partial charge >= 0.3 is 23.1 Å². The molecule has 0 aromatic heterocycles. The van der Waals surface area contributed by atoms with Gasteiger partial charge in [0, 0.05) is 21.2 Å². The smallest absolute Gasteiger partial charge is 0.545 e. The summed E-state index contributed by atoms with van der Waals surface area (Å²) in [6.45, 7) is 6.99. The summed E-state index contributed by atoms with van der Waals surface area (Å²) in [5, 5.41) is 22.2. The van der Waals surface area contributed by atoms with E-state index in [2.05, 4.69) is 0 Å². The molecule has 128 valence electrons. The van der Waals surface area contributed by atoms with Crippen LogP contribution in [-0.4, -0.2) is 35.0 Å². The third kappa shape index (κ3) is 5.89. The first-order chi connectivity index (χ1) is 11.1. The molecule has 0 aliphatic heterocycles. The van der Waals surface area contributed by atoms with Crippen LogP contribution in [0.5, 0.6) is 0 Å². The molecule has 0 spiro atoms. The Balaban J connectivity index is 0.000000443. The Bertz CT molecular complexity index is 737. The van der Waals surface area contributed by atoms with Crippen LogP contribution in [0.2, 0.25) is 10.0 Å². The molecule has 0 amide bonds. The number of aromatic carboxylic acids is 2. The van der Waals surface area contributed by atoms with Crippen molar-refractivity contribution in [3.8, 4) is 0 Å². The molecule has 0 heterocycles. The molecule has 0 saturated carbocycles. The molecule has 2 aromatic carbocycles. The first-order valence-electron chi connectivity index (χ1n) is 7.02. The molecule has 0 fully saturated rings. The van der Waals surface area contributed by atoms with E-state index in [-0.39, 0.29) is 34.2 Å². The monoisotopic (exact) mass is 390 g/mol. The van der Waals surface area contributed by atoms with Crippen LogP contribution in [0.4, 0.5) is 0 Å². The summed E-state index contributed by atoms with van der Waals surface area (Å²) in [6, 6.07) is 6.05. The molecule has 0 unspecified atom stereocenters. The molecule has 4 nitrogen and oxygen atoms in total. The van der Waals surface area contributed by atoms with Crippen molar-refractivity contribution in [2.24, 2.45) is 0 Å². The summed E-state index contributed by atoms with van der Waals surface area (Å²) >= 11 is 11.6. The van der Waals surface area contributed by atoms with E-state index in [0.29, 0.717) is 21.2 Å².